The van der Waals surface area contributed by atoms with Crippen molar-refractivity contribution in [2.24, 2.45) is 5.92 Å². The molecule has 2 aromatic carbocycles. The van der Waals surface area contributed by atoms with Crippen molar-refractivity contribution in [2.75, 3.05) is 11.9 Å². The fraction of sp³-hybridized carbons (Fsp3) is 0.381. The van der Waals surface area contributed by atoms with Gasteiger partial charge in [-0.1, -0.05) is 30.3 Å². The number of amides is 2. The third kappa shape index (κ3) is 3.02. The molecular formula is C21H21N2O5S-. The van der Waals surface area contributed by atoms with Gasteiger partial charge in [0.1, 0.15) is 11.7 Å². The number of hydrogen-bond acceptors (Lipinski definition) is 6. The van der Waals surface area contributed by atoms with E-state index in [1.54, 1.807) is 19.9 Å². The third-order valence-corrected chi connectivity index (χ3v) is 6.96. The van der Waals surface area contributed by atoms with E-state index in [1.165, 1.54) is 16.7 Å². The number of hydrogen-bond donors (Lipinski definition) is 1. The maximum absolute atomic E-state index is 13.0. The molecule has 2 amide bonds. The van der Waals surface area contributed by atoms with Crippen LogP contribution in [-0.4, -0.2) is 45.5 Å². The molecule has 2 aliphatic heterocycles. The van der Waals surface area contributed by atoms with Crippen LogP contribution in [0, 0.1) is 5.92 Å². The number of β-lactam (4-membered cyclic amide) rings is 1. The number of benzene rings is 2. The quantitative estimate of drug-likeness (QED) is 0.591. The zero-order valence-electron chi connectivity index (χ0n) is 16.3. The van der Waals surface area contributed by atoms with Crippen LogP contribution in [0.1, 0.15) is 20.8 Å². The lowest BCUT2D eigenvalue weighted by molar-refractivity contribution is -0.312. The highest BCUT2D eigenvalue weighted by Gasteiger charge is 2.64. The standard InChI is InChI=1S/C21H22N2O5S/c1-4-28-13-10-9-11-7-5-6-8-12(11)15(13)22-17(24)14-18(25)23-16(20(26)27)21(2,3)29-19(14)23/h5-10,14,16,19H,4H2,1-3H3,(H,22,24)(H,26,27)/p-1/t14-,16?,19-/m1/s1. The van der Waals surface area contributed by atoms with E-state index in [4.69, 9.17) is 4.74 Å². The molecule has 0 bridgehead atoms. The molecule has 0 aliphatic carbocycles. The number of fused-ring (bicyclic) bond motifs is 2. The lowest BCUT2D eigenvalue weighted by Crippen LogP contribution is -2.67. The maximum atomic E-state index is 13.0. The molecule has 2 fully saturated rings. The molecule has 1 N–H and O–H groups in total. The van der Waals surface area contributed by atoms with Crippen molar-refractivity contribution in [3.8, 4) is 5.75 Å². The Balaban J connectivity index is 1.64. The molecular weight excluding hydrogens is 392 g/mol. The Morgan fingerprint density at radius 3 is 2.66 bits per heavy atom. The van der Waals surface area contributed by atoms with Gasteiger partial charge in [-0.25, -0.2) is 0 Å². The number of nitrogens with one attached hydrogen (secondary N) is 1. The Morgan fingerprint density at radius 1 is 1.24 bits per heavy atom. The van der Waals surface area contributed by atoms with Gasteiger partial charge >= 0.3 is 0 Å². The fourth-order valence-electron chi connectivity index (χ4n) is 4.09. The smallest absolute Gasteiger partial charge is 0.240 e. The van der Waals surface area contributed by atoms with Gasteiger partial charge in [0, 0.05) is 10.1 Å². The van der Waals surface area contributed by atoms with Crippen molar-refractivity contribution in [1.82, 2.24) is 4.90 Å². The molecule has 0 spiro atoms. The van der Waals surface area contributed by atoms with E-state index in [2.05, 4.69) is 5.32 Å². The summed E-state index contributed by atoms with van der Waals surface area (Å²) >= 11 is 1.32. The number of carboxylic acids is 1. The molecule has 7 nitrogen and oxygen atoms in total. The highest BCUT2D eigenvalue weighted by molar-refractivity contribution is 8.01. The number of ether oxygens (including phenoxy) is 1. The van der Waals surface area contributed by atoms with E-state index in [0.717, 1.165) is 10.8 Å². The average molecular weight is 413 g/mol. The number of anilines is 1. The summed E-state index contributed by atoms with van der Waals surface area (Å²) in [6.45, 7) is 5.77. The molecule has 1 unspecified atom stereocenters. The molecule has 152 valence electrons. The van der Waals surface area contributed by atoms with Crippen molar-refractivity contribution in [3.05, 3.63) is 36.4 Å². The molecule has 29 heavy (non-hydrogen) atoms. The molecule has 2 heterocycles. The molecule has 2 saturated heterocycles. The Hall–Kier alpha value is -2.74. The average Bonchev–Trinajstić information content (AvgIpc) is 2.91. The number of thioether (sulfide) groups is 1. The first-order chi connectivity index (χ1) is 13.8. The second-order valence-electron chi connectivity index (χ2n) is 7.64. The van der Waals surface area contributed by atoms with Crippen LogP contribution in [0.3, 0.4) is 0 Å². The van der Waals surface area contributed by atoms with Crippen LogP contribution in [0.15, 0.2) is 36.4 Å². The van der Waals surface area contributed by atoms with Crippen molar-refractivity contribution in [3.63, 3.8) is 0 Å². The maximum Gasteiger partial charge on any atom is 0.240 e. The van der Waals surface area contributed by atoms with E-state index >= 15 is 0 Å². The van der Waals surface area contributed by atoms with Gasteiger partial charge in [-0.05, 0) is 32.2 Å². The molecule has 2 aromatic rings. The van der Waals surface area contributed by atoms with Gasteiger partial charge in [0.2, 0.25) is 11.8 Å². The van der Waals surface area contributed by atoms with Crippen molar-refractivity contribution < 1.29 is 24.2 Å². The summed E-state index contributed by atoms with van der Waals surface area (Å²) < 4.78 is 4.94. The first kappa shape index (κ1) is 19.6. The van der Waals surface area contributed by atoms with Gasteiger partial charge in [0.05, 0.1) is 29.7 Å². The second-order valence-corrected chi connectivity index (χ2v) is 9.41. The number of carbonyl (C=O) groups excluding carboxylic acids is 3. The summed E-state index contributed by atoms with van der Waals surface area (Å²) in [6, 6.07) is 10.2. The topological polar surface area (TPSA) is 98.8 Å². The van der Waals surface area contributed by atoms with Crippen LogP contribution >= 0.6 is 11.8 Å². The molecule has 0 aromatic heterocycles. The number of aliphatic carboxylic acids is 1. The number of nitrogens with zero attached hydrogens (tertiary/aromatic N) is 1. The monoisotopic (exact) mass is 413 g/mol. The van der Waals surface area contributed by atoms with Crippen LogP contribution in [-0.2, 0) is 14.4 Å². The van der Waals surface area contributed by atoms with E-state index in [-0.39, 0.29) is 0 Å². The van der Waals surface area contributed by atoms with Crippen LogP contribution < -0.4 is 15.2 Å². The van der Waals surface area contributed by atoms with Gasteiger partial charge in [-0.3, -0.25) is 9.59 Å². The van der Waals surface area contributed by atoms with Crippen molar-refractivity contribution >= 4 is 46.0 Å². The molecule has 4 rings (SSSR count). The van der Waals surface area contributed by atoms with Gasteiger partial charge < -0.3 is 24.9 Å². The first-order valence-corrected chi connectivity index (χ1v) is 10.3. The zero-order chi connectivity index (χ0) is 20.9. The molecule has 8 heteroatoms. The summed E-state index contributed by atoms with van der Waals surface area (Å²) in [5.74, 6) is -2.68. The van der Waals surface area contributed by atoms with E-state index in [0.29, 0.717) is 18.0 Å². The minimum absolute atomic E-state index is 0.428. The molecule has 0 radical (unpaired) electrons. The van der Waals surface area contributed by atoms with Gasteiger partial charge in [-0.2, -0.15) is 0 Å². The minimum Gasteiger partial charge on any atom is -0.548 e. The minimum atomic E-state index is -1.30. The van der Waals surface area contributed by atoms with Crippen molar-refractivity contribution in [1.29, 1.82) is 0 Å². The van der Waals surface area contributed by atoms with Gasteiger partial charge in [0.25, 0.3) is 0 Å². The molecule has 2 aliphatic rings. The van der Waals surface area contributed by atoms with E-state index in [9.17, 15) is 19.5 Å². The van der Waals surface area contributed by atoms with Crippen molar-refractivity contribution in [2.45, 2.75) is 36.9 Å². The lowest BCUT2D eigenvalue weighted by Gasteiger charge is -2.44. The lowest BCUT2D eigenvalue weighted by atomic mass is 9.91. The molecule has 3 atom stereocenters. The first-order valence-electron chi connectivity index (χ1n) is 9.42. The van der Waals surface area contributed by atoms with Crippen LogP contribution in [0.2, 0.25) is 0 Å². The zero-order valence-corrected chi connectivity index (χ0v) is 17.1. The summed E-state index contributed by atoms with van der Waals surface area (Å²) in [4.78, 5) is 38.5. The summed E-state index contributed by atoms with van der Waals surface area (Å²) in [5, 5.41) is 15.6. The Labute approximate surface area is 172 Å². The number of carboxylic acid groups (broad SMARTS) is 1. The largest absolute Gasteiger partial charge is 0.548 e. The third-order valence-electron chi connectivity index (χ3n) is 5.39. The predicted octanol–water partition coefficient (Wildman–Crippen LogP) is 1.61. The Bertz CT molecular complexity index is 1020. The fourth-order valence-corrected chi connectivity index (χ4v) is 5.77. The van der Waals surface area contributed by atoms with E-state index in [1.807, 2.05) is 37.3 Å². The Kier molecular flexibility index (Phi) is 4.69. The van der Waals surface area contributed by atoms with E-state index < -0.39 is 39.9 Å². The summed E-state index contributed by atoms with van der Waals surface area (Å²) in [6.07, 6.45) is 0. The predicted molar refractivity (Wildman–Crippen MR) is 108 cm³/mol. The number of carbonyl (C=O) groups is 3. The number of rotatable bonds is 5. The molecule has 0 saturated carbocycles. The summed E-state index contributed by atoms with van der Waals surface area (Å²) in [5.41, 5.74) is 0.514. The SMILES string of the molecule is CCOc1ccc2ccccc2c1NC(=O)[C@@H]1C(=O)N2C(C(=O)[O-])C(C)(C)S[C@H]12. The highest BCUT2D eigenvalue weighted by Crippen LogP contribution is 2.53. The highest BCUT2D eigenvalue weighted by atomic mass is 32.2. The van der Waals surface area contributed by atoms with Gasteiger partial charge in [-0.15, -0.1) is 11.8 Å². The van der Waals surface area contributed by atoms with Crippen LogP contribution in [0.5, 0.6) is 5.75 Å². The Morgan fingerprint density at radius 2 is 1.97 bits per heavy atom. The van der Waals surface area contributed by atoms with Crippen LogP contribution in [0.25, 0.3) is 10.8 Å². The second kappa shape index (κ2) is 6.95. The van der Waals surface area contributed by atoms with Gasteiger partial charge in [0.15, 0.2) is 0 Å². The van der Waals surface area contributed by atoms with Crippen LogP contribution in [0.4, 0.5) is 5.69 Å². The summed E-state index contributed by atoms with van der Waals surface area (Å²) in [7, 11) is 0. The normalized spacial score (nSPS) is 24.7.